The Kier molecular flexibility index (Phi) is 8.24. The summed E-state index contributed by atoms with van der Waals surface area (Å²) in [5, 5.41) is 11.9. The molecule has 0 aliphatic carbocycles. The Morgan fingerprint density at radius 1 is 1.24 bits per heavy atom. The summed E-state index contributed by atoms with van der Waals surface area (Å²) in [7, 11) is 0. The minimum Gasteiger partial charge on any atom is -0.462 e. The van der Waals surface area contributed by atoms with Crippen molar-refractivity contribution in [1.29, 1.82) is 0 Å². The van der Waals surface area contributed by atoms with Crippen LogP contribution in [0.15, 0.2) is 35.5 Å². The molecular formula is C23H25ClN4O4S. The second-order valence-electron chi connectivity index (χ2n) is 7.01. The fraction of sp³-hybridized carbons (Fsp3) is 0.304. The number of anilines is 1. The molecule has 3 rings (SSSR count). The van der Waals surface area contributed by atoms with E-state index >= 15 is 0 Å². The Morgan fingerprint density at radius 2 is 1.97 bits per heavy atom. The van der Waals surface area contributed by atoms with Crippen LogP contribution in [-0.2, 0) is 20.8 Å². The topological polar surface area (TPSA) is 94.8 Å². The van der Waals surface area contributed by atoms with Crippen LogP contribution < -0.4 is 5.32 Å². The van der Waals surface area contributed by atoms with Gasteiger partial charge in [0.25, 0.3) is 5.91 Å². The molecule has 1 amide bonds. The molecule has 174 valence electrons. The van der Waals surface area contributed by atoms with Gasteiger partial charge in [-0.2, -0.15) is 5.10 Å². The number of benzene rings is 1. The zero-order chi connectivity index (χ0) is 24.0. The maximum Gasteiger partial charge on any atom is 0.341 e. The highest BCUT2D eigenvalue weighted by Crippen LogP contribution is 2.34. The first kappa shape index (κ1) is 24.5. The molecule has 0 bridgehead atoms. The molecule has 33 heavy (non-hydrogen) atoms. The fourth-order valence-corrected chi connectivity index (χ4v) is 4.73. The fourth-order valence-electron chi connectivity index (χ4n) is 3.26. The second-order valence-corrected chi connectivity index (χ2v) is 8.59. The van der Waals surface area contributed by atoms with Crippen LogP contribution in [0.4, 0.5) is 5.00 Å². The highest BCUT2D eigenvalue weighted by molar-refractivity contribution is 7.16. The minimum atomic E-state index is -0.450. The predicted molar refractivity (Wildman–Crippen MR) is 130 cm³/mol. The molecule has 0 fully saturated rings. The van der Waals surface area contributed by atoms with Crippen LogP contribution in [0.25, 0.3) is 5.69 Å². The van der Waals surface area contributed by atoms with Gasteiger partial charge in [-0.1, -0.05) is 41.9 Å². The number of carbonyl (C=O) groups excluding carboxylic acids is 2. The molecule has 2 heterocycles. The molecule has 0 saturated heterocycles. The molecule has 10 heteroatoms. The van der Waals surface area contributed by atoms with Gasteiger partial charge in [-0.15, -0.1) is 11.3 Å². The van der Waals surface area contributed by atoms with Crippen LogP contribution in [0.3, 0.4) is 0 Å². The third kappa shape index (κ3) is 5.61. The number of rotatable bonds is 9. The Morgan fingerprint density at radius 3 is 2.64 bits per heavy atom. The summed E-state index contributed by atoms with van der Waals surface area (Å²) < 4.78 is 6.75. The summed E-state index contributed by atoms with van der Waals surface area (Å²) in [4.78, 5) is 30.9. The molecule has 2 aromatic heterocycles. The molecular weight excluding hydrogens is 464 g/mol. The van der Waals surface area contributed by atoms with Crippen molar-refractivity contribution in [3.05, 3.63) is 62.7 Å². The number of hydrogen-bond acceptors (Lipinski definition) is 7. The average Bonchev–Trinajstić information content (AvgIpc) is 3.26. The van der Waals surface area contributed by atoms with Crippen LogP contribution in [0.5, 0.6) is 0 Å². The maximum absolute atomic E-state index is 12.4. The molecule has 0 spiro atoms. The minimum absolute atomic E-state index is 0.255. The predicted octanol–water partition coefficient (Wildman–Crippen LogP) is 4.93. The summed E-state index contributed by atoms with van der Waals surface area (Å²) >= 11 is 7.78. The SMILES string of the molecule is CCOC(=O)c1c(NC(=O)CO/N=C\c2c(C)nn(-c3ccccc3)c2Cl)sc(C)c1CC. The summed E-state index contributed by atoms with van der Waals surface area (Å²) in [6, 6.07) is 9.47. The van der Waals surface area contributed by atoms with Crippen LogP contribution in [0.2, 0.25) is 5.15 Å². The van der Waals surface area contributed by atoms with E-state index in [4.69, 9.17) is 21.2 Å². The van der Waals surface area contributed by atoms with E-state index in [1.807, 2.05) is 44.2 Å². The standard InChI is InChI=1S/C23H25ClN4O4S/c1-5-17-15(4)33-22(20(17)23(30)31-6-2)26-19(29)13-32-25-12-18-14(3)27-28(21(18)24)16-10-8-7-9-11-16/h7-12H,5-6,13H2,1-4H3,(H,26,29)/b25-12-. The Labute approximate surface area is 201 Å². The summed E-state index contributed by atoms with van der Waals surface area (Å²) in [5.41, 5.74) is 3.34. The van der Waals surface area contributed by atoms with Crippen LogP contribution in [0.1, 0.15) is 45.9 Å². The highest BCUT2D eigenvalue weighted by Gasteiger charge is 2.23. The van der Waals surface area contributed by atoms with E-state index < -0.39 is 11.9 Å². The Balaban J connectivity index is 1.65. The molecule has 0 atom stereocenters. The quantitative estimate of drug-likeness (QED) is 0.262. The lowest BCUT2D eigenvalue weighted by Crippen LogP contribution is -2.18. The van der Waals surface area contributed by atoms with Gasteiger partial charge in [0.15, 0.2) is 6.61 Å². The number of aromatic nitrogens is 2. The number of carbonyl (C=O) groups is 2. The molecule has 8 nitrogen and oxygen atoms in total. The first-order chi connectivity index (χ1) is 15.9. The number of aryl methyl sites for hydroxylation is 2. The molecule has 0 radical (unpaired) electrons. The third-order valence-corrected chi connectivity index (χ3v) is 6.22. The number of hydrogen-bond donors (Lipinski definition) is 1. The van der Waals surface area contributed by atoms with Gasteiger partial charge in [-0.05, 0) is 44.9 Å². The molecule has 3 aromatic rings. The smallest absolute Gasteiger partial charge is 0.341 e. The van der Waals surface area contributed by atoms with E-state index in [0.29, 0.717) is 33.4 Å². The molecule has 1 N–H and O–H groups in total. The monoisotopic (exact) mass is 488 g/mol. The summed E-state index contributed by atoms with van der Waals surface area (Å²) in [6.45, 7) is 7.33. The number of amides is 1. The van der Waals surface area contributed by atoms with Crippen molar-refractivity contribution in [2.75, 3.05) is 18.5 Å². The van der Waals surface area contributed by atoms with Gasteiger partial charge in [-0.3, -0.25) is 4.79 Å². The first-order valence-corrected chi connectivity index (χ1v) is 11.6. The number of nitrogens with zero attached hydrogens (tertiary/aromatic N) is 3. The molecule has 0 aliphatic rings. The lowest BCUT2D eigenvalue weighted by molar-refractivity contribution is -0.120. The van der Waals surface area contributed by atoms with Crippen molar-refractivity contribution in [2.45, 2.75) is 34.1 Å². The molecule has 0 saturated carbocycles. The van der Waals surface area contributed by atoms with E-state index in [1.54, 1.807) is 18.5 Å². The highest BCUT2D eigenvalue weighted by atomic mass is 35.5. The number of oxime groups is 1. The summed E-state index contributed by atoms with van der Waals surface area (Å²) in [5.74, 6) is -0.891. The molecule has 0 unspecified atom stereocenters. The van der Waals surface area contributed by atoms with Gasteiger partial charge in [0.05, 0.1) is 35.3 Å². The van der Waals surface area contributed by atoms with Gasteiger partial charge in [0, 0.05) is 4.88 Å². The van der Waals surface area contributed by atoms with E-state index in [9.17, 15) is 9.59 Å². The van der Waals surface area contributed by atoms with E-state index in [0.717, 1.165) is 16.1 Å². The Bertz CT molecular complexity index is 1170. The van der Waals surface area contributed by atoms with E-state index in [-0.39, 0.29) is 13.2 Å². The number of ether oxygens (including phenoxy) is 1. The van der Waals surface area contributed by atoms with Gasteiger partial charge >= 0.3 is 5.97 Å². The van der Waals surface area contributed by atoms with Crippen LogP contribution >= 0.6 is 22.9 Å². The van der Waals surface area contributed by atoms with Crippen molar-refractivity contribution in [1.82, 2.24) is 9.78 Å². The molecule has 0 aliphatic heterocycles. The largest absolute Gasteiger partial charge is 0.462 e. The van der Waals surface area contributed by atoms with Crippen molar-refractivity contribution in [2.24, 2.45) is 5.16 Å². The van der Waals surface area contributed by atoms with Crippen molar-refractivity contribution < 1.29 is 19.2 Å². The Hall–Kier alpha value is -3.17. The summed E-state index contributed by atoms with van der Waals surface area (Å²) in [6.07, 6.45) is 2.08. The molecule has 1 aromatic carbocycles. The van der Waals surface area contributed by atoms with Crippen LogP contribution in [-0.4, -0.2) is 41.1 Å². The van der Waals surface area contributed by atoms with E-state index in [2.05, 4.69) is 15.6 Å². The first-order valence-electron chi connectivity index (χ1n) is 10.4. The second kappa shape index (κ2) is 11.1. The lowest BCUT2D eigenvalue weighted by Gasteiger charge is -2.07. The number of para-hydroxylation sites is 1. The van der Waals surface area contributed by atoms with Gasteiger partial charge in [-0.25, -0.2) is 9.48 Å². The van der Waals surface area contributed by atoms with Crippen molar-refractivity contribution in [3.63, 3.8) is 0 Å². The number of halogens is 1. The zero-order valence-corrected chi connectivity index (χ0v) is 20.4. The zero-order valence-electron chi connectivity index (χ0n) is 18.8. The van der Waals surface area contributed by atoms with Gasteiger partial charge < -0.3 is 14.9 Å². The van der Waals surface area contributed by atoms with Crippen molar-refractivity contribution >= 4 is 46.0 Å². The normalized spacial score (nSPS) is 11.1. The van der Waals surface area contributed by atoms with Crippen molar-refractivity contribution in [3.8, 4) is 5.69 Å². The van der Waals surface area contributed by atoms with Gasteiger partial charge in [0.1, 0.15) is 10.2 Å². The number of esters is 1. The van der Waals surface area contributed by atoms with E-state index in [1.165, 1.54) is 17.6 Å². The number of thiophene rings is 1. The average molecular weight is 489 g/mol. The third-order valence-electron chi connectivity index (χ3n) is 4.80. The van der Waals surface area contributed by atoms with Crippen LogP contribution in [0, 0.1) is 13.8 Å². The maximum atomic E-state index is 12.4. The number of nitrogens with one attached hydrogen (secondary N) is 1. The lowest BCUT2D eigenvalue weighted by atomic mass is 10.1. The van der Waals surface area contributed by atoms with Gasteiger partial charge in [0.2, 0.25) is 0 Å².